The Bertz CT molecular complexity index is 1010. The van der Waals surface area contributed by atoms with Crippen molar-refractivity contribution in [2.75, 3.05) is 25.1 Å². The number of rotatable bonds is 11. The summed E-state index contributed by atoms with van der Waals surface area (Å²) in [4.78, 5) is 25.2. The molecule has 0 saturated carbocycles. The Balaban J connectivity index is 1.51. The number of halogens is 1. The van der Waals surface area contributed by atoms with Gasteiger partial charge >= 0.3 is 0 Å². The molecule has 1 fully saturated rings. The summed E-state index contributed by atoms with van der Waals surface area (Å²) < 4.78 is 12.2. The van der Waals surface area contributed by atoms with Gasteiger partial charge in [0.2, 0.25) is 0 Å². The molecule has 1 heterocycles. The maximum atomic E-state index is 12.9. The van der Waals surface area contributed by atoms with E-state index < -0.39 is 0 Å². The van der Waals surface area contributed by atoms with Crippen LogP contribution >= 0.6 is 28.1 Å². The van der Waals surface area contributed by atoms with E-state index in [1.165, 1.54) is 0 Å². The van der Waals surface area contributed by atoms with Crippen molar-refractivity contribution in [3.8, 4) is 5.75 Å². The Hall–Kier alpha value is -2.49. The van der Waals surface area contributed by atoms with Gasteiger partial charge in [-0.15, -0.1) is 0 Å². The summed E-state index contributed by atoms with van der Waals surface area (Å²) in [5.41, 5.74) is 1.60. The molecule has 2 aromatic rings. The smallest absolute Gasteiger partial charge is 0.261 e. The van der Waals surface area contributed by atoms with Gasteiger partial charge in [-0.25, -0.2) is 0 Å². The van der Waals surface area contributed by atoms with Gasteiger partial charge in [0.05, 0.1) is 18.3 Å². The lowest BCUT2D eigenvalue weighted by atomic mass is 10.1. The first kappa shape index (κ1) is 27.1. The second kappa shape index (κ2) is 14.2. The molecule has 1 aliphatic rings. The van der Waals surface area contributed by atoms with Crippen LogP contribution in [0.15, 0.2) is 46.9 Å². The highest BCUT2D eigenvalue weighted by Gasteiger charge is 2.17. The molecule has 0 radical (unpaired) electrons. The van der Waals surface area contributed by atoms with Gasteiger partial charge < -0.3 is 20.1 Å². The van der Waals surface area contributed by atoms with Crippen molar-refractivity contribution in [2.45, 2.75) is 51.6 Å². The van der Waals surface area contributed by atoms with E-state index in [1.54, 1.807) is 36.4 Å². The van der Waals surface area contributed by atoms with E-state index in [1.807, 2.05) is 6.07 Å². The number of hydrogen-bond donors (Lipinski definition) is 3. The number of amides is 2. The van der Waals surface area contributed by atoms with Crippen LogP contribution in [0.2, 0.25) is 0 Å². The highest BCUT2D eigenvalue weighted by atomic mass is 79.9. The van der Waals surface area contributed by atoms with Crippen LogP contribution in [0.5, 0.6) is 5.75 Å². The zero-order valence-electron chi connectivity index (χ0n) is 19.9. The van der Waals surface area contributed by atoms with Gasteiger partial charge in [-0.05, 0) is 73.9 Å². The number of carbonyl (C=O) groups excluding carboxylic acids is 2. The van der Waals surface area contributed by atoms with Crippen molar-refractivity contribution in [3.05, 3.63) is 58.1 Å². The topological polar surface area (TPSA) is 88.7 Å². The van der Waals surface area contributed by atoms with Crippen molar-refractivity contribution >= 4 is 50.8 Å². The molecule has 0 spiro atoms. The Kier molecular flexibility index (Phi) is 11.0. The van der Waals surface area contributed by atoms with Crippen molar-refractivity contribution in [3.63, 3.8) is 0 Å². The molecule has 3 rings (SSSR count). The Morgan fingerprint density at radius 1 is 1.11 bits per heavy atom. The van der Waals surface area contributed by atoms with Gasteiger partial charge in [-0.3, -0.25) is 14.9 Å². The minimum atomic E-state index is -0.363. The van der Waals surface area contributed by atoms with Crippen molar-refractivity contribution in [2.24, 2.45) is 0 Å². The lowest BCUT2D eigenvalue weighted by molar-refractivity contribution is 0.0857. The van der Waals surface area contributed by atoms with E-state index in [2.05, 4.69) is 38.8 Å². The number of thiocarbonyl (C=S) groups is 1. The largest absolute Gasteiger partial charge is 0.493 e. The standard InChI is InChI=1S/C26H32BrN3O4S/c1-2-3-4-5-14-34-23-13-10-19(27)16-22(23)25(32)30-26(35)29-20-11-8-18(9-12-20)24(31)28-17-21-7-6-15-33-21/h8-13,16,21H,2-7,14-15,17H2,1H3,(H,28,31)(H2,29,30,32,35). The van der Waals surface area contributed by atoms with E-state index in [0.717, 1.165) is 49.6 Å². The number of anilines is 1. The summed E-state index contributed by atoms with van der Waals surface area (Å²) >= 11 is 8.73. The van der Waals surface area contributed by atoms with Crippen LogP contribution in [0.4, 0.5) is 5.69 Å². The number of ether oxygens (including phenoxy) is 2. The quantitative estimate of drug-likeness (QED) is 0.250. The van der Waals surface area contributed by atoms with Gasteiger partial charge in [0, 0.05) is 28.9 Å². The maximum Gasteiger partial charge on any atom is 0.261 e. The molecule has 35 heavy (non-hydrogen) atoms. The predicted octanol–water partition coefficient (Wildman–Crippen LogP) is 5.44. The molecule has 7 nitrogen and oxygen atoms in total. The van der Waals surface area contributed by atoms with E-state index >= 15 is 0 Å². The summed E-state index contributed by atoms with van der Waals surface area (Å²) in [7, 11) is 0. The lowest BCUT2D eigenvalue weighted by Gasteiger charge is -2.14. The molecule has 2 aromatic carbocycles. The molecular weight excluding hydrogens is 530 g/mol. The molecule has 9 heteroatoms. The third-order valence-corrected chi connectivity index (χ3v) is 6.29. The lowest BCUT2D eigenvalue weighted by Crippen LogP contribution is -2.34. The minimum absolute atomic E-state index is 0.0955. The van der Waals surface area contributed by atoms with Crippen molar-refractivity contribution in [1.29, 1.82) is 0 Å². The zero-order chi connectivity index (χ0) is 25.0. The first-order valence-electron chi connectivity index (χ1n) is 12.0. The van der Waals surface area contributed by atoms with Gasteiger partial charge in [0.1, 0.15) is 5.75 Å². The van der Waals surface area contributed by atoms with E-state index in [4.69, 9.17) is 21.7 Å². The van der Waals surface area contributed by atoms with Gasteiger partial charge in [-0.1, -0.05) is 42.1 Å². The molecule has 0 aliphatic carbocycles. The monoisotopic (exact) mass is 561 g/mol. The Morgan fingerprint density at radius 3 is 2.63 bits per heavy atom. The van der Waals surface area contributed by atoms with Crippen LogP contribution in [-0.4, -0.2) is 42.8 Å². The Labute approximate surface area is 220 Å². The van der Waals surface area contributed by atoms with Gasteiger partial charge in [0.15, 0.2) is 5.11 Å². The van der Waals surface area contributed by atoms with Crippen LogP contribution in [-0.2, 0) is 4.74 Å². The van der Waals surface area contributed by atoms with E-state index in [9.17, 15) is 9.59 Å². The molecule has 0 bridgehead atoms. The number of hydrogen-bond acceptors (Lipinski definition) is 5. The summed E-state index contributed by atoms with van der Waals surface area (Å²) in [6.45, 7) is 3.98. The molecule has 3 N–H and O–H groups in total. The molecular formula is C26H32BrN3O4S. The molecule has 1 unspecified atom stereocenters. The highest BCUT2D eigenvalue weighted by Crippen LogP contribution is 2.24. The fourth-order valence-electron chi connectivity index (χ4n) is 3.67. The van der Waals surface area contributed by atoms with Crippen molar-refractivity contribution < 1.29 is 19.1 Å². The molecule has 1 aliphatic heterocycles. The molecule has 0 aromatic heterocycles. The molecule has 1 saturated heterocycles. The predicted molar refractivity (Wildman–Crippen MR) is 145 cm³/mol. The van der Waals surface area contributed by atoms with Gasteiger partial charge in [-0.2, -0.15) is 0 Å². The zero-order valence-corrected chi connectivity index (χ0v) is 22.3. The van der Waals surface area contributed by atoms with Gasteiger partial charge in [0.25, 0.3) is 11.8 Å². The highest BCUT2D eigenvalue weighted by molar-refractivity contribution is 9.10. The fraction of sp³-hybridized carbons (Fsp3) is 0.423. The first-order valence-corrected chi connectivity index (χ1v) is 13.2. The number of nitrogens with one attached hydrogen (secondary N) is 3. The summed E-state index contributed by atoms with van der Waals surface area (Å²) in [5, 5.41) is 8.73. The number of benzene rings is 2. The summed E-state index contributed by atoms with van der Waals surface area (Å²) in [5.74, 6) is 0.000614. The van der Waals surface area contributed by atoms with Crippen LogP contribution in [0.1, 0.15) is 66.2 Å². The Morgan fingerprint density at radius 2 is 1.91 bits per heavy atom. The molecule has 2 amide bonds. The van der Waals surface area contributed by atoms with Crippen LogP contribution in [0.3, 0.4) is 0 Å². The average molecular weight is 563 g/mol. The molecule has 188 valence electrons. The number of unbranched alkanes of at least 4 members (excludes halogenated alkanes) is 3. The SMILES string of the molecule is CCCCCCOc1ccc(Br)cc1C(=O)NC(=S)Nc1ccc(C(=O)NCC2CCCO2)cc1. The van der Waals surface area contributed by atoms with E-state index in [-0.39, 0.29) is 23.0 Å². The first-order chi connectivity index (χ1) is 17.0. The maximum absolute atomic E-state index is 12.9. The van der Waals surface area contributed by atoms with Crippen molar-refractivity contribution in [1.82, 2.24) is 10.6 Å². The van der Waals surface area contributed by atoms with Crippen LogP contribution in [0.25, 0.3) is 0 Å². The average Bonchev–Trinajstić information content (AvgIpc) is 3.37. The minimum Gasteiger partial charge on any atom is -0.493 e. The summed E-state index contributed by atoms with van der Waals surface area (Å²) in [6.07, 6.45) is 6.45. The second-order valence-electron chi connectivity index (χ2n) is 8.38. The third kappa shape index (κ3) is 8.91. The van der Waals surface area contributed by atoms with Crippen LogP contribution in [0, 0.1) is 0 Å². The second-order valence-corrected chi connectivity index (χ2v) is 9.70. The van der Waals surface area contributed by atoms with Crippen LogP contribution < -0.4 is 20.7 Å². The summed E-state index contributed by atoms with van der Waals surface area (Å²) in [6, 6.07) is 12.2. The molecule has 1 atom stereocenters. The normalized spacial score (nSPS) is 14.9. The van der Waals surface area contributed by atoms with E-state index in [0.29, 0.717) is 35.7 Å². The third-order valence-electron chi connectivity index (χ3n) is 5.59. The fourth-order valence-corrected chi connectivity index (χ4v) is 4.24. The number of carbonyl (C=O) groups is 2.